The lowest BCUT2D eigenvalue weighted by atomic mass is 10.1. The number of nitro groups is 1. The Labute approximate surface area is 135 Å². The number of para-hydroxylation sites is 1. The van der Waals surface area contributed by atoms with Gasteiger partial charge in [0.05, 0.1) is 4.92 Å². The van der Waals surface area contributed by atoms with Crippen molar-refractivity contribution >= 4 is 17.3 Å². The normalized spacial score (nSPS) is 10.6. The third kappa shape index (κ3) is 4.39. The topological polar surface area (TPSA) is 63.5 Å². The molecule has 0 N–H and O–H groups in total. The molecule has 0 aliphatic carbocycles. The van der Waals surface area contributed by atoms with Crippen molar-refractivity contribution in [1.29, 1.82) is 0 Å². The molecule has 0 aliphatic heterocycles. The van der Waals surface area contributed by atoms with Crippen LogP contribution >= 0.6 is 0 Å². The second-order valence-electron chi connectivity index (χ2n) is 5.78. The van der Waals surface area contributed by atoms with Crippen molar-refractivity contribution < 1.29 is 9.72 Å². The van der Waals surface area contributed by atoms with E-state index >= 15 is 0 Å². The summed E-state index contributed by atoms with van der Waals surface area (Å²) in [5.41, 5.74) is 1.05. The number of nitrogens with zero attached hydrogens (tertiary/aromatic N) is 2. The molecule has 0 saturated heterocycles. The molecule has 2 aromatic rings. The van der Waals surface area contributed by atoms with Crippen molar-refractivity contribution in [1.82, 2.24) is 0 Å². The standard InChI is InChI=1S/C18H20N2O3/c1-14(2)11-12-19(16-8-4-3-5-9-16)18(21)15-7-6-10-17(13-15)20(22)23/h3-10,13-14H,11-12H2,1-2H3. The Morgan fingerprint density at radius 3 is 2.43 bits per heavy atom. The highest BCUT2D eigenvalue weighted by molar-refractivity contribution is 6.06. The van der Waals surface area contributed by atoms with Crippen LogP contribution in [0.3, 0.4) is 0 Å². The summed E-state index contributed by atoms with van der Waals surface area (Å²) >= 11 is 0. The first-order valence-electron chi connectivity index (χ1n) is 7.60. The second kappa shape index (κ2) is 7.54. The summed E-state index contributed by atoms with van der Waals surface area (Å²) < 4.78 is 0. The van der Waals surface area contributed by atoms with E-state index in [2.05, 4.69) is 13.8 Å². The summed E-state index contributed by atoms with van der Waals surface area (Å²) in [6, 6.07) is 15.2. The molecule has 2 rings (SSSR count). The molecule has 0 saturated carbocycles. The average molecular weight is 312 g/mol. The molecular formula is C18H20N2O3. The number of rotatable bonds is 6. The molecule has 2 aromatic carbocycles. The van der Waals surface area contributed by atoms with E-state index in [1.165, 1.54) is 18.2 Å². The van der Waals surface area contributed by atoms with Crippen LogP contribution in [0.2, 0.25) is 0 Å². The van der Waals surface area contributed by atoms with Gasteiger partial charge in [-0.05, 0) is 30.5 Å². The van der Waals surface area contributed by atoms with Gasteiger partial charge in [0, 0.05) is 29.9 Å². The van der Waals surface area contributed by atoms with E-state index in [1.54, 1.807) is 11.0 Å². The molecule has 0 unspecified atom stereocenters. The number of non-ortho nitro benzene ring substituents is 1. The number of carbonyl (C=O) groups excluding carboxylic acids is 1. The fourth-order valence-electron chi connectivity index (χ4n) is 2.25. The number of carbonyl (C=O) groups is 1. The number of hydrogen-bond donors (Lipinski definition) is 0. The molecular weight excluding hydrogens is 292 g/mol. The van der Waals surface area contributed by atoms with Crippen molar-refractivity contribution in [2.75, 3.05) is 11.4 Å². The second-order valence-corrected chi connectivity index (χ2v) is 5.78. The minimum absolute atomic E-state index is 0.0762. The fraction of sp³-hybridized carbons (Fsp3) is 0.278. The number of nitro benzene ring substituents is 1. The van der Waals surface area contributed by atoms with Gasteiger partial charge in [-0.25, -0.2) is 0 Å². The molecule has 5 nitrogen and oxygen atoms in total. The Kier molecular flexibility index (Phi) is 5.46. The zero-order valence-corrected chi connectivity index (χ0v) is 13.3. The van der Waals surface area contributed by atoms with Crippen LogP contribution in [0.15, 0.2) is 54.6 Å². The minimum atomic E-state index is -0.488. The number of anilines is 1. The zero-order chi connectivity index (χ0) is 16.8. The Bertz CT molecular complexity index is 684. The van der Waals surface area contributed by atoms with E-state index in [4.69, 9.17) is 0 Å². The minimum Gasteiger partial charge on any atom is -0.308 e. The van der Waals surface area contributed by atoms with Crippen LogP contribution in [0.4, 0.5) is 11.4 Å². The Balaban J connectivity index is 2.32. The molecule has 120 valence electrons. The van der Waals surface area contributed by atoms with Gasteiger partial charge in [-0.2, -0.15) is 0 Å². The van der Waals surface area contributed by atoms with Gasteiger partial charge >= 0.3 is 0 Å². The van der Waals surface area contributed by atoms with Crippen molar-refractivity contribution in [2.24, 2.45) is 5.92 Å². The number of hydrogen-bond acceptors (Lipinski definition) is 3. The van der Waals surface area contributed by atoms with Gasteiger partial charge in [0.25, 0.3) is 11.6 Å². The van der Waals surface area contributed by atoms with Crippen LogP contribution in [-0.2, 0) is 0 Å². The van der Waals surface area contributed by atoms with Crippen LogP contribution < -0.4 is 4.90 Å². The highest BCUT2D eigenvalue weighted by atomic mass is 16.6. The summed E-state index contributed by atoms with van der Waals surface area (Å²) in [5, 5.41) is 10.9. The van der Waals surface area contributed by atoms with Gasteiger partial charge in [-0.1, -0.05) is 38.1 Å². The van der Waals surface area contributed by atoms with Gasteiger partial charge < -0.3 is 4.90 Å². The van der Waals surface area contributed by atoms with Gasteiger partial charge in [-0.3, -0.25) is 14.9 Å². The Hall–Kier alpha value is -2.69. The maximum Gasteiger partial charge on any atom is 0.270 e. The van der Waals surface area contributed by atoms with E-state index in [-0.39, 0.29) is 11.6 Å². The molecule has 1 amide bonds. The quantitative estimate of drug-likeness (QED) is 0.590. The Morgan fingerprint density at radius 2 is 1.83 bits per heavy atom. The average Bonchev–Trinajstić information content (AvgIpc) is 2.55. The summed E-state index contributed by atoms with van der Waals surface area (Å²) in [4.78, 5) is 24.9. The fourth-order valence-corrected chi connectivity index (χ4v) is 2.25. The van der Waals surface area contributed by atoms with Crippen LogP contribution in [0.25, 0.3) is 0 Å². The smallest absolute Gasteiger partial charge is 0.270 e. The summed E-state index contributed by atoms with van der Waals surface area (Å²) in [6.07, 6.45) is 0.857. The molecule has 0 atom stereocenters. The maximum atomic E-state index is 12.8. The van der Waals surface area contributed by atoms with Crippen LogP contribution in [0, 0.1) is 16.0 Å². The molecule has 0 aromatic heterocycles. The van der Waals surface area contributed by atoms with E-state index in [9.17, 15) is 14.9 Å². The first-order valence-corrected chi connectivity index (χ1v) is 7.60. The lowest BCUT2D eigenvalue weighted by molar-refractivity contribution is -0.384. The zero-order valence-electron chi connectivity index (χ0n) is 13.3. The van der Waals surface area contributed by atoms with Gasteiger partial charge in [0.1, 0.15) is 0 Å². The first kappa shape index (κ1) is 16.7. The molecule has 0 spiro atoms. The monoisotopic (exact) mass is 312 g/mol. The number of benzene rings is 2. The van der Waals surface area contributed by atoms with Crippen LogP contribution in [-0.4, -0.2) is 17.4 Å². The Morgan fingerprint density at radius 1 is 1.13 bits per heavy atom. The third-order valence-electron chi connectivity index (χ3n) is 3.55. The summed E-state index contributed by atoms with van der Waals surface area (Å²) in [6.45, 7) is 4.77. The van der Waals surface area contributed by atoms with Crippen LogP contribution in [0.5, 0.6) is 0 Å². The van der Waals surface area contributed by atoms with Crippen molar-refractivity contribution in [3.63, 3.8) is 0 Å². The van der Waals surface area contributed by atoms with E-state index < -0.39 is 4.92 Å². The van der Waals surface area contributed by atoms with Crippen molar-refractivity contribution in [2.45, 2.75) is 20.3 Å². The van der Waals surface area contributed by atoms with Gasteiger partial charge in [0.2, 0.25) is 0 Å². The third-order valence-corrected chi connectivity index (χ3v) is 3.55. The van der Waals surface area contributed by atoms with Gasteiger partial charge in [-0.15, -0.1) is 0 Å². The predicted octanol–water partition coefficient (Wildman–Crippen LogP) is 4.29. The first-order chi connectivity index (χ1) is 11.0. The maximum absolute atomic E-state index is 12.8. The lowest BCUT2D eigenvalue weighted by Gasteiger charge is -2.24. The highest BCUT2D eigenvalue weighted by Crippen LogP contribution is 2.21. The molecule has 23 heavy (non-hydrogen) atoms. The van der Waals surface area contributed by atoms with Gasteiger partial charge in [0.15, 0.2) is 0 Å². The molecule has 0 fully saturated rings. The molecule has 0 radical (unpaired) electrons. The van der Waals surface area contributed by atoms with Crippen LogP contribution in [0.1, 0.15) is 30.6 Å². The van der Waals surface area contributed by atoms with Crippen molar-refractivity contribution in [3.05, 3.63) is 70.3 Å². The largest absolute Gasteiger partial charge is 0.308 e. The molecule has 0 heterocycles. The molecule has 5 heteroatoms. The van der Waals surface area contributed by atoms with E-state index in [0.29, 0.717) is 18.0 Å². The van der Waals surface area contributed by atoms with Crippen molar-refractivity contribution in [3.8, 4) is 0 Å². The van der Waals surface area contributed by atoms with E-state index in [0.717, 1.165) is 12.1 Å². The van der Waals surface area contributed by atoms with E-state index in [1.807, 2.05) is 30.3 Å². The molecule has 0 bridgehead atoms. The lowest BCUT2D eigenvalue weighted by Crippen LogP contribution is -2.32. The summed E-state index contributed by atoms with van der Waals surface area (Å²) in [5.74, 6) is 0.236. The summed E-state index contributed by atoms with van der Waals surface area (Å²) in [7, 11) is 0. The SMILES string of the molecule is CC(C)CCN(C(=O)c1cccc([N+](=O)[O-])c1)c1ccccc1. The number of amides is 1. The predicted molar refractivity (Wildman–Crippen MR) is 90.7 cm³/mol. The molecule has 0 aliphatic rings. The highest BCUT2D eigenvalue weighted by Gasteiger charge is 2.19.